The van der Waals surface area contributed by atoms with E-state index in [-0.39, 0.29) is 6.04 Å². The molecule has 1 aliphatic rings. The maximum atomic E-state index is 5.62. The molecular formula is C13H15N7O. The van der Waals surface area contributed by atoms with Crippen LogP contribution in [0.15, 0.2) is 18.9 Å². The zero-order valence-corrected chi connectivity index (χ0v) is 11.6. The van der Waals surface area contributed by atoms with Crippen LogP contribution < -0.4 is 4.90 Å². The van der Waals surface area contributed by atoms with Gasteiger partial charge in [-0.3, -0.25) is 0 Å². The summed E-state index contributed by atoms with van der Waals surface area (Å²) in [7, 11) is 0. The lowest BCUT2D eigenvalue weighted by Gasteiger charge is -2.35. The highest BCUT2D eigenvalue weighted by Gasteiger charge is 2.29. The number of imidazole rings is 2. The average Bonchev–Trinajstić information content (AvgIpc) is 3.15. The molecule has 1 aliphatic heterocycles. The molecule has 1 saturated heterocycles. The Labute approximate surface area is 120 Å². The Kier molecular flexibility index (Phi) is 2.81. The lowest BCUT2D eigenvalue weighted by molar-refractivity contribution is 0.0916. The largest absolute Gasteiger partial charge is 0.377 e. The van der Waals surface area contributed by atoms with E-state index in [1.54, 1.807) is 12.7 Å². The monoisotopic (exact) mass is 285 g/mol. The number of hydrogen-bond acceptors (Lipinski definition) is 6. The van der Waals surface area contributed by atoms with Crippen LogP contribution in [0.25, 0.3) is 11.2 Å². The fourth-order valence-electron chi connectivity index (χ4n) is 2.66. The van der Waals surface area contributed by atoms with Crippen LogP contribution in [-0.2, 0) is 4.74 Å². The summed E-state index contributed by atoms with van der Waals surface area (Å²) in [4.78, 5) is 25.8. The standard InChI is InChI=1S/C13H15N7O/c1-8-4-14-11(19-8)9-5-21-3-2-20(9)13-10-12(16-6-15-10)17-7-18-13/h4,6-7,9H,2-3,5H2,1H3,(H,14,19)(H,15,16,17,18). The van der Waals surface area contributed by atoms with Crippen molar-refractivity contribution in [3.63, 3.8) is 0 Å². The SMILES string of the molecule is Cc1cnc(C2COCCN2c2ncnc3nc[nH]c23)[nH]1. The molecule has 4 heterocycles. The van der Waals surface area contributed by atoms with Crippen LogP contribution in [-0.4, -0.2) is 49.7 Å². The first-order valence-corrected chi connectivity index (χ1v) is 6.83. The van der Waals surface area contributed by atoms with Gasteiger partial charge in [0.05, 0.1) is 19.5 Å². The Hall–Kier alpha value is -2.48. The van der Waals surface area contributed by atoms with Gasteiger partial charge >= 0.3 is 0 Å². The summed E-state index contributed by atoms with van der Waals surface area (Å²) in [5, 5.41) is 0. The van der Waals surface area contributed by atoms with E-state index >= 15 is 0 Å². The van der Waals surface area contributed by atoms with Crippen LogP contribution in [0, 0.1) is 6.92 Å². The molecule has 1 atom stereocenters. The van der Waals surface area contributed by atoms with Gasteiger partial charge in [0.1, 0.15) is 23.7 Å². The van der Waals surface area contributed by atoms with Crippen molar-refractivity contribution in [2.75, 3.05) is 24.7 Å². The number of fused-ring (bicyclic) bond motifs is 1. The second kappa shape index (κ2) is 4.81. The molecule has 2 N–H and O–H groups in total. The molecule has 0 aromatic carbocycles. The number of nitrogens with one attached hydrogen (secondary N) is 2. The van der Waals surface area contributed by atoms with Crippen molar-refractivity contribution >= 4 is 17.0 Å². The Morgan fingerprint density at radius 2 is 2.24 bits per heavy atom. The Morgan fingerprint density at radius 1 is 1.29 bits per heavy atom. The first kappa shape index (κ1) is 12.3. The maximum Gasteiger partial charge on any atom is 0.182 e. The number of rotatable bonds is 2. The van der Waals surface area contributed by atoms with Crippen molar-refractivity contribution in [3.8, 4) is 0 Å². The molecule has 0 bridgehead atoms. The normalized spacial score (nSPS) is 19.3. The van der Waals surface area contributed by atoms with E-state index in [2.05, 4.69) is 34.8 Å². The molecule has 21 heavy (non-hydrogen) atoms. The van der Waals surface area contributed by atoms with Crippen LogP contribution in [0.5, 0.6) is 0 Å². The number of anilines is 1. The number of nitrogens with zero attached hydrogens (tertiary/aromatic N) is 5. The van der Waals surface area contributed by atoms with Crippen LogP contribution in [0.1, 0.15) is 17.6 Å². The number of ether oxygens (including phenoxy) is 1. The quantitative estimate of drug-likeness (QED) is 0.728. The van der Waals surface area contributed by atoms with Gasteiger partial charge in [0.2, 0.25) is 0 Å². The summed E-state index contributed by atoms with van der Waals surface area (Å²) in [5.74, 6) is 1.72. The third-order valence-corrected chi connectivity index (χ3v) is 3.64. The summed E-state index contributed by atoms with van der Waals surface area (Å²) in [6, 6.07) is 0.00819. The minimum Gasteiger partial charge on any atom is -0.377 e. The van der Waals surface area contributed by atoms with Crippen molar-refractivity contribution < 1.29 is 4.74 Å². The number of aryl methyl sites for hydroxylation is 1. The summed E-state index contributed by atoms with van der Waals surface area (Å²) < 4.78 is 5.62. The molecule has 3 aromatic heterocycles. The molecule has 1 unspecified atom stereocenters. The number of aromatic nitrogens is 6. The first-order chi connectivity index (χ1) is 10.3. The third kappa shape index (κ3) is 2.04. The highest BCUT2D eigenvalue weighted by atomic mass is 16.5. The average molecular weight is 285 g/mol. The van der Waals surface area contributed by atoms with Gasteiger partial charge in [0.15, 0.2) is 11.5 Å². The predicted molar refractivity (Wildman–Crippen MR) is 75.9 cm³/mol. The highest BCUT2D eigenvalue weighted by Crippen LogP contribution is 2.30. The minimum absolute atomic E-state index is 0.00819. The lowest BCUT2D eigenvalue weighted by Crippen LogP contribution is -2.40. The summed E-state index contributed by atoms with van der Waals surface area (Å²) in [6.45, 7) is 3.97. The van der Waals surface area contributed by atoms with Crippen molar-refractivity contribution in [3.05, 3.63) is 30.4 Å². The van der Waals surface area contributed by atoms with Gasteiger partial charge in [-0.2, -0.15) is 0 Å². The summed E-state index contributed by atoms with van der Waals surface area (Å²) >= 11 is 0. The Balaban J connectivity index is 1.79. The van der Waals surface area contributed by atoms with Gasteiger partial charge in [-0.15, -0.1) is 0 Å². The number of hydrogen-bond donors (Lipinski definition) is 2. The van der Waals surface area contributed by atoms with Gasteiger partial charge in [0, 0.05) is 18.4 Å². The van der Waals surface area contributed by atoms with E-state index in [0.29, 0.717) is 18.9 Å². The van der Waals surface area contributed by atoms with Crippen LogP contribution >= 0.6 is 0 Å². The van der Waals surface area contributed by atoms with E-state index in [1.807, 2.05) is 13.1 Å². The maximum absolute atomic E-state index is 5.62. The number of morpholine rings is 1. The highest BCUT2D eigenvalue weighted by molar-refractivity contribution is 5.82. The topological polar surface area (TPSA) is 95.6 Å². The minimum atomic E-state index is 0.00819. The lowest BCUT2D eigenvalue weighted by atomic mass is 10.2. The molecule has 108 valence electrons. The van der Waals surface area contributed by atoms with Crippen LogP contribution in [0.4, 0.5) is 5.82 Å². The van der Waals surface area contributed by atoms with Gasteiger partial charge in [-0.1, -0.05) is 0 Å². The van der Waals surface area contributed by atoms with Gasteiger partial charge < -0.3 is 19.6 Å². The predicted octanol–water partition coefficient (Wildman–Crippen LogP) is 0.962. The van der Waals surface area contributed by atoms with Crippen LogP contribution in [0.2, 0.25) is 0 Å². The Morgan fingerprint density at radius 3 is 3.10 bits per heavy atom. The fourth-order valence-corrected chi connectivity index (χ4v) is 2.66. The molecule has 1 fully saturated rings. The third-order valence-electron chi connectivity index (χ3n) is 3.64. The smallest absolute Gasteiger partial charge is 0.182 e. The Bertz CT molecular complexity index is 765. The number of aromatic amines is 2. The van der Waals surface area contributed by atoms with E-state index in [9.17, 15) is 0 Å². The van der Waals surface area contributed by atoms with Crippen molar-refractivity contribution in [1.82, 2.24) is 29.9 Å². The molecule has 8 heteroatoms. The first-order valence-electron chi connectivity index (χ1n) is 6.83. The second-order valence-electron chi connectivity index (χ2n) is 5.03. The van der Waals surface area contributed by atoms with E-state index < -0.39 is 0 Å². The van der Waals surface area contributed by atoms with Gasteiger partial charge in [-0.05, 0) is 6.92 Å². The van der Waals surface area contributed by atoms with Crippen molar-refractivity contribution in [1.29, 1.82) is 0 Å². The van der Waals surface area contributed by atoms with Crippen LogP contribution in [0.3, 0.4) is 0 Å². The molecule has 0 saturated carbocycles. The van der Waals surface area contributed by atoms with Crippen molar-refractivity contribution in [2.45, 2.75) is 13.0 Å². The summed E-state index contributed by atoms with van der Waals surface area (Å²) in [5.41, 5.74) is 2.54. The van der Waals surface area contributed by atoms with Crippen molar-refractivity contribution in [2.24, 2.45) is 0 Å². The van der Waals surface area contributed by atoms with Gasteiger partial charge in [0.25, 0.3) is 0 Å². The zero-order valence-electron chi connectivity index (χ0n) is 11.6. The zero-order chi connectivity index (χ0) is 14.2. The molecule has 0 amide bonds. The molecule has 0 radical (unpaired) electrons. The van der Waals surface area contributed by atoms with E-state index in [1.165, 1.54) is 0 Å². The van der Waals surface area contributed by atoms with E-state index in [4.69, 9.17) is 4.74 Å². The molecule has 4 rings (SSSR count). The fraction of sp³-hybridized carbons (Fsp3) is 0.385. The molecule has 8 nitrogen and oxygen atoms in total. The van der Waals surface area contributed by atoms with E-state index in [0.717, 1.165) is 29.4 Å². The molecular weight excluding hydrogens is 270 g/mol. The molecule has 0 aliphatic carbocycles. The number of H-pyrrole nitrogens is 2. The van der Waals surface area contributed by atoms with Gasteiger partial charge in [-0.25, -0.2) is 19.9 Å². The second-order valence-corrected chi connectivity index (χ2v) is 5.03. The summed E-state index contributed by atoms with van der Waals surface area (Å²) in [6.07, 6.45) is 5.00. The molecule has 0 spiro atoms. The molecule has 3 aromatic rings.